The maximum absolute atomic E-state index is 13.3. The molecule has 94 valence electrons. The van der Waals surface area contributed by atoms with Gasteiger partial charge in [0.15, 0.2) is 0 Å². The van der Waals surface area contributed by atoms with Gasteiger partial charge >= 0.3 is 0 Å². The van der Waals surface area contributed by atoms with Crippen LogP contribution in [0.2, 0.25) is 0 Å². The highest BCUT2D eigenvalue weighted by molar-refractivity contribution is 7.85. The lowest BCUT2D eigenvalue weighted by molar-refractivity contribution is 0.571. The zero-order valence-electron chi connectivity index (χ0n) is 9.42. The van der Waals surface area contributed by atoms with E-state index in [1.165, 1.54) is 12.8 Å². The van der Waals surface area contributed by atoms with Crippen molar-refractivity contribution in [2.75, 3.05) is 12.3 Å². The highest BCUT2D eigenvalue weighted by Crippen LogP contribution is 2.18. The Bertz CT molecular complexity index is 421. The van der Waals surface area contributed by atoms with Crippen LogP contribution >= 0.6 is 0 Å². The van der Waals surface area contributed by atoms with Crippen LogP contribution < -0.4 is 5.32 Å². The molecule has 1 N–H and O–H groups in total. The fourth-order valence-electron chi connectivity index (χ4n) is 1.56. The second-order valence-electron chi connectivity index (χ2n) is 4.21. The molecule has 1 aromatic rings. The predicted molar refractivity (Wildman–Crippen MR) is 63.3 cm³/mol. The van der Waals surface area contributed by atoms with E-state index in [0.717, 1.165) is 24.7 Å². The summed E-state index contributed by atoms with van der Waals surface area (Å²) < 4.78 is 37.9. The molecule has 1 aliphatic rings. The number of halogens is 2. The molecule has 1 aromatic carbocycles. The molecule has 1 aliphatic carbocycles. The van der Waals surface area contributed by atoms with E-state index in [4.69, 9.17) is 0 Å². The fraction of sp³-hybridized carbons (Fsp3) is 0.500. The first-order valence-electron chi connectivity index (χ1n) is 5.73. The van der Waals surface area contributed by atoms with Crippen LogP contribution in [0.4, 0.5) is 8.78 Å². The van der Waals surface area contributed by atoms with Gasteiger partial charge in [0.2, 0.25) is 0 Å². The summed E-state index contributed by atoms with van der Waals surface area (Å²) in [5.74, 6) is -0.786. The molecule has 5 heteroatoms. The van der Waals surface area contributed by atoms with Crippen LogP contribution in [0.1, 0.15) is 19.3 Å². The minimum atomic E-state index is -1.45. The first-order chi connectivity index (χ1) is 8.16. The van der Waals surface area contributed by atoms with Crippen LogP contribution in [-0.2, 0) is 10.8 Å². The molecule has 0 spiro atoms. The number of hydrogen-bond donors (Lipinski definition) is 1. The first-order valence-corrected chi connectivity index (χ1v) is 7.05. The van der Waals surface area contributed by atoms with Crippen LogP contribution in [0.15, 0.2) is 23.1 Å². The van der Waals surface area contributed by atoms with E-state index in [9.17, 15) is 13.0 Å². The summed E-state index contributed by atoms with van der Waals surface area (Å²) in [7, 11) is -1.45. The normalized spacial score (nSPS) is 17.1. The summed E-state index contributed by atoms with van der Waals surface area (Å²) in [5, 5.41) is 3.29. The average molecular weight is 259 g/mol. The SMILES string of the molecule is O=S(CCCNC1CC1)c1cc(F)ccc1F. The molecule has 0 radical (unpaired) electrons. The summed E-state index contributed by atoms with van der Waals surface area (Å²) in [5.41, 5.74) is 0. The van der Waals surface area contributed by atoms with Crippen LogP contribution in [0.5, 0.6) is 0 Å². The van der Waals surface area contributed by atoms with Crippen LogP contribution in [-0.4, -0.2) is 22.5 Å². The zero-order chi connectivity index (χ0) is 12.3. The van der Waals surface area contributed by atoms with Crippen molar-refractivity contribution in [1.29, 1.82) is 0 Å². The van der Waals surface area contributed by atoms with Gasteiger partial charge in [0.25, 0.3) is 0 Å². The Labute approximate surface area is 102 Å². The molecule has 2 nitrogen and oxygen atoms in total. The molecule has 0 amide bonds. The van der Waals surface area contributed by atoms with Gasteiger partial charge < -0.3 is 5.32 Å². The molecule has 0 aromatic heterocycles. The number of hydrogen-bond acceptors (Lipinski definition) is 2. The van der Waals surface area contributed by atoms with Gasteiger partial charge in [0, 0.05) is 11.8 Å². The predicted octanol–water partition coefficient (Wildman–Crippen LogP) is 2.21. The van der Waals surface area contributed by atoms with Crippen molar-refractivity contribution >= 4 is 10.8 Å². The Morgan fingerprint density at radius 2 is 2.12 bits per heavy atom. The maximum Gasteiger partial charge on any atom is 0.139 e. The van der Waals surface area contributed by atoms with Gasteiger partial charge in [0.1, 0.15) is 11.6 Å². The van der Waals surface area contributed by atoms with E-state index in [1.807, 2.05) is 0 Å². The molecule has 17 heavy (non-hydrogen) atoms. The van der Waals surface area contributed by atoms with Crippen molar-refractivity contribution in [3.8, 4) is 0 Å². The minimum absolute atomic E-state index is 0.0311. The molecule has 2 rings (SSSR count). The van der Waals surface area contributed by atoms with E-state index in [2.05, 4.69) is 5.32 Å². The summed E-state index contributed by atoms with van der Waals surface area (Å²) in [4.78, 5) is -0.0311. The minimum Gasteiger partial charge on any atom is -0.314 e. The third kappa shape index (κ3) is 3.85. The van der Waals surface area contributed by atoms with Gasteiger partial charge in [-0.3, -0.25) is 4.21 Å². The van der Waals surface area contributed by atoms with Crippen LogP contribution in [0.3, 0.4) is 0 Å². The van der Waals surface area contributed by atoms with Gasteiger partial charge in [-0.1, -0.05) is 0 Å². The summed E-state index contributed by atoms with van der Waals surface area (Å²) in [6.07, 6.45) is 3.13. The molecule has 0 aliphatic heterocycles. The molecule has 0 bridgehead atoms. The standard InChI is InChI=1S/C12H15F2NOS/c13-9-2-5-11(14)12(8-9)17(16)7-1-6-15-10-3-4-10/h2,5,8,10,15H,1,3-4,6-7H2. The van der Waals surface area contributed by atoms with E-state index >= 15 is 0 Å². The largest absolute Gasteiger partial charge is 0.314 e. The van der Waals surface area contributed by atoms with Crippen molar-refractivity contribution in [2.45, 2.75) is 30.2 Å². The molecule has 1 unspecified atom stereocenters. The highest BCUT2D eigenvalue weighted by Gasteiger charge is 2.19. The van der Waals surface area contributed by atoms with E-state index in [-0.39, 0.29) is 4.90 Å². The van der Waals surface area contributed by atoms with Crippen LogP contribution in [0.25, 0.3) is 0 Å². The second-order valence-corrected chi connectivity index (χ2v) is 5.75. The Morgan fingerprint density at radius 3 is 2.82 bits per heavy atom. The van der Waals surface area contributed by atoms with Crippen molar-refractivity contribution < 1.29 is 13.0 Å². The lowest BCUT2D eigenvalue weighted by atomic mass is 10.3. The van der Waals surface area contributed by atoms with E-state index < -0.39 is 22.4 Å². The van der Waals surface area contributed by atoms with E-state index in [1.54, 1.807) is 0 Å². The molecule has 0 heterocycles. The van der Waals surface area contributed by atoms with Gasteiger partial charge in [-0.25, -0.2) is 8.78 Å². The van der Waals surface area contributed by atoms with Gasteiger partial charge in [-0.2, -0.15) is 0 Å². The third-order valence-electron chi connectivity index (χ3n) is 2.66. The lowest BCUT2D eigenvalue weighted by Crippen LogP contribution is -2.19. The quantitative estimate of drug-likeness (QED) is 0.794. The average Bonchev–Trinajstić information content (AvgIpc) is 3.11. The zero-order valence-corrected chi connectivity index (χ0v) is 10.2. The molecule has 1 atom stereocenters. The molecule has 1 saturated carbocycles. The molecular weight excluding hydrogens is 244 g/mol. The second kappa shape index (κ2) is 5.69. The Kier molecular flexibility index (Phi) is 4.23. The topological polar surface area (TPSA) is 29.1 Å². The van der Waals surface area contributed by atoms with Crippen molar-refractivity contribution in [2.24, 2.45) is 0 Å². The first kappa shape index (κ1) is 12.6. The van der Waals surface area contributed by atoms with Crippen molar-refractivity contribution in [3.05, 3.63) is 29.8 Å². The van der Waals surface area contributed by atoms with E-state index in [0.29, 0.717) is 18.2 Å². The fourth-order valence-corrected chi connectivity index (χ4v) is 2.71. The monoisotopic (exact) mass is 259 g/mol. The summed E-state index contributed by atoms with van der Waals surface area (Å²) in [6, 6.07) is 3.68. The molecular formula is C12H15F2NOS. The summed E-state index contributed by atoms with van der Waals surface area (Å²) in [6.45, 7) is 0.785. The smallest absolute Gasteiger partial charge is 0.139 e. The Morgan fingerprint density at radius 1 is 1.35 bits per heavy atom. The summed E-state index contributed by atoms with van der Waals surface area (Å²) >= 11 is 0. The Balaban J connectivity index is 1.82. The Hall–Kier alpha value is -0.810. The van der Waals surface area contributed by atoms with Crippen molar-refractivity contribution in [1.82, 2.24) is 5.32 Å². The van der Waals surface area contributed by atoms with Crippen molar-refractivity contribution in [3.63, 3.8) is 0 Å². The lowest BCUT2D eigenvalue weighted by Gasteiger charge is -2.05. The van der Waals surface area contributed by atoms with Gasteiger partial charge in [0.05, 0.1) is 15.7 Å². The highest BCUT2D eigenvalue weighted by atomic mass is 32.2. The van der Waals surface area contributed by atoms with Crippen LogP contribution in [0, 0.1) is 11.6 Å². The van der Waals surface area contributed by atoms with Gasteiger partial charge in [-0.05, 0) is 44.0 Å². The number of benzene rings is 1. The van der Waals surface area contributed by atoms with Gasteiger partial charge in [-0.15, -0.1) is 0 Å². The third-order valence-corrected chi connectivity index (χ3v) is 4.12. The molecule has 0 saturated heterocycles. The maximum atomic E-state index is 13.3. The number of rotatable bonds is 6. The molecule has 1 fully saturated rings. The number of nitrogens with one attached hydrogen (secondary N) is 1.